The molecule has 0 saturated carbocycles. The Hall–Kier alpha value is -6.54. The molecule has 14 nitrogen and oxygen atoms in total. The summed E-state index contributed by atoms with van der Waals surface area (Å²) in [7, 11) is 3.15. The van der Waals surface area contributed by atoms with E-state index in [9.17, 15) is 24.0 Å². The number of rotatable bonds is 16. The van der Waals surface area contributed by atoms with Crippen molar-refractivity contribution >= 4 is 52.1 Å². The van der Waals surface area contributed by atoms with E-state index in [1.807, 2.05) is 24.3 Å². The van der Waals surface area contributed by atoms with Gasteiger partial charge in [-0.05, 0) is 82.1 Å². The Morgan fingerprint density at radius 3 is 2.29 bits per heavy atom. The number of imide groups is 1. The molecule has 2 heterocycles. The van der Waals surface area contributed by atoms with Gasteiger partial charge in [0.1, 0.15) is 22.7 Å². The lowest BCUT2D eigenvalue weighted by Gasteiger charge is -2.21. The van der Waals surface area contributed by atoms with E-state index >= 15 is 0 Å². The fraction of sp³-hybridized carbons (Fsp3) is 0.318. The topological polar surface area (TPSA) is 172 Å². The summed E-state index contributed by atoms with van der Waals surface area (Å²) in [5.74, 6) is -0.427. The van der Waals surface area contributed by atoms with Crippen molar-refractivity contribution < 1.29 is 38.2 Å². The Morgan fingerprint density at radius 2 is 1.57 bits per heavy atom. The lowest BCUT2D eigenvalue weighted by Crippen LogP contribution is -2.32. The van der Waals surface area contributed by atoms with Gasteiger partial charge in [0.05, 0.1) is 48.2 Å². The maximum Gasteiger partial charge on any atom is 0.408 e. The molecule has 0 radical (unpaired) electrons. The van der Waals surface area contributed by atoms with Crippen LogP contribution >= 0.6 is 0 Å². The van der Waals surface area contributed by atoms with Gasteiger partial charge in [0, 0.05) is 37.0 Å². The highest BCUT2D eigenvalue weighted by Gasteiger charge is 2.34. The van der Waals surface area contributed by atoms with E-state index in [1.165, 1.54) is 12.0 Å². The van der Waals surface area contributed by atoms with Crippen molar-refractivity contribution in [3.63, 3.8) is 0 Å². The summed E-state index contributed by atoms with van der Waals surface area (Å²) in [4.78, 5) is 75.1. The molecule has 5 amide bonds. The number of aromatic amines is 1. The molecule has 0 aliphatic carbocycles. The number of nitrogens with zero attached hydrogens (tertiary/aromatic N) is 3. The van der Waals surface area contributed by atoms with Crippen LogP contribution < -0.4 is 20.3 Å². The van der Waals surface area contributed by atoms with Crippen molar-refractivity contribution in [3.05, 3.63) is 119 Å². The molecule has 0 spiro atoms. The number of ether oxygens (including phenoxy) is 3. The number of carbonyl (C=O) groups is 5. The van der Waals surface area contributed by atoms with E-state index in [-0.39, 0.29) is 24.3 Å². The monoisotopic (exact) mass is 788 g/mol. The van der Waals surface area contributed by atoms with Crippen molar-refractivity contribution in [1.82, 2.24) is 20.2 Å². The van der Waals surface area contributed by atoms with E-state index in [2.05, 4.69) is 20.6 Å². The van der Waals surface area contributed by atoms with Crippen LogP contribution in [0.4, 0.5) is 16.2 Å². The van der Waals surface area contributed by atoms with Gasteiger partial charge in [-0.25, -0.2) is 9.78 Å². The number of fused-ring (bicyclic) bond motifs is 2. The third-order valence-electron chi connectivity index (χ3n) is 9.52. The second kappa shape index (κ2) is 18.2. The lowest BCUT2D eigenvalue weighted by atomic mass is 10.1. The summed E-state index contributed by atoms with van der Waals surface area (Å²) in [6.45, 7) is 6.62. The molecule has 4 aromatic carbocycles. The molecule has 0 fully saturated rings. The summed E-state index contributed by atoms with van der Waals surface area (Å²) in [6.07, 6.45) is 2.69. The van der Waals surface area contributed by atoms with Crippen LogP contribution in [-0.2, 0) is 22.6 Å². The number of anilines is 2. The van der Waals surface area contributed by atoms with Gasteiger partial charge in [-0.2, -0.15) is 0 Å². The van der Waals surface area contributed by atoms with Crippen molar-refractivity contribution in [2.24, 2.45) is 0 Å². The van der Waals surface area contributed by atoms with Crippen LogP contribution in [0.15, 0.2) is 84.9 Å². The molecule has 0 saturated heterocycles. The zero-order chi connectivity index (χ0) is 41.4. The van der Waals surface area contributed by atoms with Crippen molar-refractivity contribution in [2.45, 2.75) is 65.2 Å². The normalized spacial score (nSPS) is 12.4. The summed E-state index contributed by atoms with van der Waals surface area (Å²) in [5.41, 5.74) is 3.89. The van der Waals surface area contributed by atoms with Crippen LogP contribution in [0.25, 0.3) is 11.0 Å². The van der Waals surface area contributed by atoms with Crippen LogP contribution in [0.1, 0.15) is 99.3 Å². The molecule has 5 aromatic rings. The predicted octanol–water partition coefficient (Wildman–Crippen LogP) is 7.50. The van der Waals surface area contributed by atoms with Crippen LogP contribution in [0.5, 0.6) is 5.75 Å². The van der Waals surface area contributed by atoms with Crippen LogP contribution in [0, 0.1) is 0 Å². The molecule has 302 valence electrons. The van der Waals surface area contributed by atoms with Gasteiger partial charge in [-0.3, -0.25) is 24.1 Å². The van der Waals surface area contributed by atoms with Crippen molar-refractivity contribution in [3.8, 4) is 5.75 Å². The standard InChI is InChI=1S/C44H48N6O8/c1-44(2,3)58-43(55)45-26-37-46-34-19-14-18-32(38(34)48-37)39(51)47-33-22-21-28(25-36(33)56-5)40(52)49(4)35-20-11-8-15-29(35)27-57-24-13-7-6-12-23-50-41(53)30-16-9-10-17-31(30)42(50)54/h8-11,14-22,25H,6-7,12-13,23-24,26-27H2,1-5H3,(H,45,55)(H,46,48)(H,47,51). The number of nitrogens with one attached hydrogen (secondary N) is 3. The second-order valence-electron chi connectivity index (χ2n) is 14.9. The average molecular weight is 789 g/mol. The molecule has 58 heavy (non-hydrogen) atoms. The van der Waals surface area contributed by atoms with Gasteiger partial charge in [0.15, 0.2) is 0 Å². The third-order valence-corrected chi connectivity index (χ3v) is 9.52. The van der Waals surface area contributed by atoms with Crippen LogP contribution in [0.2, 0.25) is 0 Å². The quantitative estimate of drug-likeness (QED) is 0.0676. The second-order valence-corrected chi connectivity index (χ2v) is 14.9. The Labute approximate surface area is 336 Å². The summed E-state index contributed by atoms with van der Waals surface area (Å²) in [6, 6.07) is 24.4. The first kappa shape index (κ1) is 41.1. The lowest BCUT2D eigenvalue weighted by molar-refractivity contribution is 0.0520. The van der Waals surface area contributed by atoms with Crippen LogP contribution in [-0.4, -0.2) is 77.5 Å². The van der Waals surface area contributed by atoms with Crippen molar-refractivity contribution in [2.75, 3.05) is 37.5 Å². The molecule has 1 aliphatic rings. The first-order valence-corrected chi connectivity index (χ1v) is 19.2. The number of carbonyl (C=O) groups excluding carboxylic acids is 5. The largest absolute Gasteiger partial charge is 0.495 e. The number of unbranched alkanes of at least 4 members (excludes halogenated alkanes) is 3. The van der Waals surface area contributed by atoms with E-state index in [1.54, 1.807) is 93.4 Å². The number of para-hydroxylation sites is 2. The Morgan fingerprint density at radius 1 is 0.862 bits per heavy atom. The number of benzene rings is 4. The van der Waals surface area contributed by atoms with Gasteiger partial charge in [-0.15, -0.1) is 0 Å². The SMILES string of the molecule is COc1cc(C(=O)N(C)c2ccccc2COCCCCCCN2C(=O)c3ccccc3C2=O)ccc1NC(=O)c1cccc2[nH]c(CNC(=O)OC(C)(C)C)nc12. The summed E-state index contributed by atoms with van der Waals surface area (Å²) in [5, 5.41) is 5.54. The van der Waals surface area contributed by atoms with Gasteiger partial charge < -0.3 is 34.7 Å². The molecular formula is C44H48N6O8. The molecule has 1 aliphatic heterocycles. The smallest absolute Gasteiger partial charge is 0.408 e. The predicted molar refractivity (Wildman–Crippen MR) is 219 cm³/mol. The van der Waals surface area contributed by atoms with E-state index in [4.69, 9.17) is 14.2 Å². The fourth-order valence-electron chi connectivity index (χ4n) is 6.65. The first-order chi connectivity index (χ1) is 27.8. The van der Waals surface area contributed by atoms with E-state index < -0.39 is 17.6 Å². The van der Waals surface area contributed by atoms with Gasteiger partial charge in [-0.1, -0.05) is 49.2 Å². The number of hydrogen-bond donors (Lipinski definition) is 3. The van der Waals surface area contributed by atoms with E-state index in [0.29, 0.717) is 76.0 Å². The zero-order valence-corrected chi connectivity index (χ0v) is 33.3. The third kappa shape index (κ3) is 9.69. The number of amides is 5. The number of methoxy groups -OCH3 is 1. The van der Waals surface area contributed by atoms with E-state index in [0.717, 1.165) is 31.2 Å². The first-order valence-electron chi connectivity index (χ1n) is 19.2. The minimum absolute atomic E-state index is 0.0763. The highest BCUT2D eigenvalue weighted by Crippen LogP contribution is 2.30. The van der Waals surface area contributed by atoms with Gasteiger partial charge in [0.25, 0.3) is 23.6 Å². The van der Waals surface area contributed by atoms with Gasteiger partial charge >= 0.3 is 6.09 Å². The molecule has 6 rings (SSSR count). The maximum absolute atomic E-state index is 13.8. The summed E-state index contributed by atoms with van der Waals surface area (Å²) < 4.78 is 16.9. The maximum atomic E-state index is 13.8. The Balaban J connectivity index is 1.00. The van der Waals surface area contributed by atoms with Gasteiger partial charge in [0.2, 0.25) is 0 Å². The minimum atomic E-state index is -0.643. The fourth-order valence-corrected chi connectivity index (χ4v) is 6.65. The number of imidazole rings is 1. The molecule has 1 aromatic heterocycles. The molecule has 0 bridgehead atoms. The minimum Gasteiger partial charge on any atom is -0.495 e. The number of aromatic nitrogens is 2. The Kier molecular flexibility index (Phi) is 12.9. The molecule has 14 heteroatoms. The number of H-pyrrole nitrogens is 1. The molecule has 0 unspecified atom stereocenters. The number of alkyl carbamates (subject to hydrolysis) is 1. The molecule has 3 N–H and O–H groups in total. The summed E-state index contributed by atoms with van der Waals surface area (Å²) >= 11 is 0. The Bertz CT molecular complexity index is 2300. The van der Waals surface area contributed by atoms with Crippen LogP contribution in [0.3, 0.4) is 0 Å². The zero-order valence-electron chi connectivity index (χ0n) is 33.3. The molecular weight excluding hydrogens is 741 g/mol. The number of hydrogen-bond acceptors (Lipinski definition) is 9. The highest BCUT2D eigenvalue weighted by molar-refractivity contribution is 6.21. The molecule has 0 atom stereocenters. The van der Waals surface area contributed by atoms with Crippen molar-refractivity contribution in [1.29, 1.82) is 0 Å². The average Bonchev–Trinajstić information content (AvgIpc) is 3.74. The highest BCUT2D eigenvalue weighted by atomic mass is 16.6.